The monoisotopic (exact) mass is 320 g/mol. The summed E-state index contributed by atoms with van der Waals surface area (Å²) in [6.45, 7) is -0.0144. The molecule has 0 amide bonds. The summed E-state index contributed by atoms with van der Waals surface area (Å²) in [5.41, 5.74) is 2.88. The second-order valence-corrected chi connectivity index (χ2v) is 5.51. The van der Waals surface area contributed by atoms with Crippen molar-refractivity contribution >= 4 is 11.6 Å². The molecule has 0 unspecified atom stereocenters. The molecular weight excluding hydrogens is 308 g/mol. The van der Waals surface area contributed by atoms with Crippen LogP contribution in [0.3, 0.4) is 0 Å². The minimum atomic E-state index is -0.218. The molecule has 0 spiro atoms. The summed E-state index contributed by atoms with van der Waals surface area (Å²) in [6, 6.07) is 10.0. The Hall–Kier alpha value is -3.19. The van der Waals surface area contributed by atoms with E-state index in [2.05, 4.69) is 20.6 Å². The third-order valence-corrected chi connectivity index (χ3v) is 4.09. The van der Waals surface area contributed by atoms with Crippen molar-refractivity contribution in [3.05, 3.63) is 64.2 Å². The van der Waals surface area contributed by atoms with Crippen LogP contribution in [-0.4, -0.2) is 43.9 Å². The van der Waals surface area contributed by atoms with Gasteiger partial charge in [-0.2, -0.15) is 5.21 Å². The Morgan fingerprint density at radius 1 is 0.917 bits per heavy atom. The molecule has 1 aromatic heterocycles. The predicted octanol–water partition coefficient (Wildman–Crippen LogP) is 1.18. The van der Waals surface area contributed by atoms with Crippen LogP contribution in [0.25, 0.3) is 11.4 Å². The average molecular weight is 320 g/mol. The van der Waals surface area contributed by atoms with Gasteiger partial charge in [-0.25, -0.2) is 0 Å². The fourth-order valence-corrected chi connectivity index (χ4v) is 2.91. The van der Waals surface area contributed by atoms with Crippen LogP contribution in [0.2, 0.25) is 0 Å². The number of carbonyl (C=O) groups excluding carboxylic acids is 2. The van der Waals surface area contributed by atoms with Crippen molar-refractivity contribution in [1.82, 2.24) is 20.6 Å². The van der Waals surface area contributed by atoms with Crippen molar-refractivity contribution in [3.63, 3.8) is 0 Å². The SMILES string of the molecule is O=C1c2ccc(CCO)cc2C(=O)c2cc(-c3nn[nH]n3)ccc21. The van der Waals surface area contributed by atoms with E-state index in [4.69, 9.17) is 5.11 Å². The molecule has 1 aliphatic rings. The summed E-state index contributed by atoms with van der Waals surface area (Å²) in [6.07, 6.45) is 0.435. The van der Waals surface area contributed by atoms with Crippen LogP contribution >= 0.6 is 0 Å². The lowest BCUT2D eigenvalue weighted by atomic mass is 9.82. The molecule has 0 saturated carbocycles. The van der Waals surface area contributed by atoms with Crippen molar-refractivity contribution in [2.45, 2.75) is 6.42 Å². The number of aromatic nitrogens is 4. The summed E-state index contributed by atoms with van der Waals surface area (Å²) in [5.74, 6) is -0.0441. The van der Waals surface area contributed by atoms with E-state index in [1.165, 1.54) is 0 Å². The van der Waals surface area contributed by atoms with Gasteiger partial charge in [0.25, 0.3) is 0 Å². The number of H-pyrrole nitrogens is 1. The summed E-state index contributed by atoms with van der Waals surface area (Å²) < 4.78 is 0. The van der Waals surface area contributed by atoms with Crippen molar-refractivity contribution in [2.24, 2.45) is 0 Å². The number of aliphatic hydroxyl groups is 1. The number of nitrogens with one attached hydrogen (secondary N) is 1. The standard InChI is InChI=1S/C17H12N4O3/c22-6-5-9-1-3-11-13(7-9)16(24)14-8-10(17-18-20-21-19-17)2-4-12(14)15(11)23/h1-4,7-8,22H,5-6H2,(H,18,19,20,21). The number of benzene rings is 2. The molecule has 1 heterocycles. The van der Waals surface area contributed by atoms with E-state index in [-0.39, 0.29) is 18.2 Å². The Bertz CT molecular complexity index is 964. The van der Waals surface area contributed by atoms with Gasteiger partial charge in [-0.3, -0.25) is 9.59 Å². The molecule has 118 valence electrons. The van der Waals surface area contributed by atoms with Gasteiger partial charge in [0.1, 0.15) is 0 Å². The highest BCUT2D eigenvalue weighted by molar-refractivity contribution is 6.28. The smallest absolute Gasteiger partial charge is 0.204 e. The van der Waals surface area contributed by atoms with Crippen molar-refractivity contribution in [2.75, 3.05) is 6.61 Å². The lowest BCUT2D eigenvalue weighted by molar-refractivity contribution is 0.0979. The minimum absolute atomic E-state index is 0.0144. The number of hydrogen-bond donors (Lipinski definition) is 2. The zero-order valence-corrected chi connectivity index (χ0v) is 12.5. The van der Waals surface area contributed by atoms with Crippen LogP contribution in [0.1, 0.15) is 37.4 Å². The summed E-state index contributed by atoms with van der Waals surface area (Å²) in [7, 11) is 0. The quantitative estimate of drug-likeness (QED) is 0.586. The van der Waals surface area contributed by atoms with Crippen LogP contribution < -0.4 is 0 Å². The van der Waals surface area contributed by atoms with E-state index in [0.29, 0.717) is 40.1 Å². The second-order valence-electron chi connectivity index (χ2n) is 5.51. The fraction of sp³-hybridized carbons (Fsp3) is 0.118. The fourth-order valence-electron chi connectivity index (χ4n) is 2.91. The van der Waals surface area contributed by atoms with Gasteiger partial charge in [0.2, 0.25) is 5.82 Å². The van der Waals surface area contributed by atoms with Gasteiger partial charge in [-0.1, -0.05) is 18.2 Å². The first-order valence-corrected chi connectivity index (χ1v) is 7.40. The number of aliphatic hydroxyl groups excluding tert-OH is 1. The molecule has 0 radical (unpaired) electrons. The van der Waals surface area contributed by atoms with E-state index in [1.807, 2.05) is 0 Å². The Labute approximate surface area is 136 Å². The van der Waals surface area contributed by atoms with Crippen molar-refractivity contribution in [1.29, 1.82) is 0 Å². The molecule has 3 aromatic rings. The highest BCUT2D eigenvalue weighted by atomic mass is 16.3. The molecule has 7 nitrogen and oxygen atoms in total. The Balaban J connectivity index is 1.85. The first kappa shape index (κ1) is 14.4. The number of nitrogens with zero attached hydrogens (tertiary/aromatic N) is 3. The summed E-state index contributed by atoms with van der Waals surface area (Å²) in [5, 5.41) is 22.7. The van der Waals surface area contributed by atoms with Gasteiger partial charge in [0.15, 0.2) is 11.6 Å². The topological polar surface area (TPSA) is 109 Å². The maximum absolute atomic E-state index is 12.9. The Morgan fingerprint density at radius 2 is 1.62 bits per heavy atom. The third-order valence-electron chi connectivity index (χ3n) is 4.09. The highest BCUT2D eigenvalue weighted by Crippen LogP contribution is 2.30. The lowest BCUT2D eigenvalue weighted by Gasteiger charge is -2.18. The molecule has 2 N–H and O–H groups in total. The largest absolute Gasteiger partial charge is 0.396 e. The number of ketones is 2. The zero-order chi connectivity index (χ0) is 16.7. The third kappa shape index (κ3) is 2.14. The minimum Gasteiger partial charge on any atom is -0.396 e. The van der Waals surface area contributed by atoms with Crippen molar-refractivity contribution < 1.29 is 14.7 Å². The summed E-state index contributed by atoms with van der Waals surface area (Å²) >= 11 is 0. The van der Waals surface area contributed by atoms with Gasteiger partial charge >= 0.3 is 0 Å². The van der Waals surface area contributed by atoms with Crippen molar-refractivity contribution in [3.8, 4) is 11.4 Å². The zero-order valence-electron chi connectivity index (χ0n) is 12.5. The van der Waals surface area contributed by atoms with E-state index in [0.717, 1.165) is 5.56 Å². The van der Waals surface area contributed by atoms with Gasteiger partial charge < -0.3 is 5.11 Å². The second kappa shape index (κ2) is 5.47. The molecule has 0 saturated heterocycles. The average Bonchev–Trinajstić information content (AvgIpc) is 3.14. The molecule has 24 heavy (non-hydrogen) atoms. The first-order valence-electron chi connectivity index (χ1n) is 7.40. The maximum Gasteiger partial charge on any atom is 0.204 e. The molecule has 0 aliphatic heterocycles. The van der Waals surface area contributed by atoms with Gasteiger partial charge in [0, 0.05) is 34.4 Å². The number of fused-ring (bicyclic) bond motifs is 2. The molecule has 0 bridgehead atoms. The van der Waals surface area contributed by atoms with Gasteiger partial charge in [0.05, 0.1) is 0 Å². The van der Waals surface area contributed by atoms with Crippen LogP contribution in [0.5, 0.6) is 0 Å². The van der Waals surface area contributed by atoms with Gasteiger partial charge in [-0.05, 0) is 35.4 Å². The van der Waals surface area contributed by atoms with Gasteiger partial charge in [-0.15, -0.1) is 10.2 Å². The Morgan fingerprint density at radius 3 is 2.33 bits per heavy atom. The molecule has 4 rings (SSSR count). The molecular formula is C17H12N4O3. The number of aromatic amines is 1. The molecule has 0 atom stereocenters. The van der Waals surface area contributed by atoms with Crippen LogP contribution in [0.4, 0.5) is 0 Å². The van der Waals surface area contributed by atoms with E-state index >= 15 is 0 Å². The van der Waals surface area contributed by atoms with E-state index < -0.39 is 0 Å². The highest BCUT2D eigenvalue weighted by Gasteiger charge is 2.30. The van der Waals surface area contributed by atoms with E-state index in [9.17, 15) is 9.59 Å². The number of rotatable bonds is 3. The summed E-state index contributed by atoms with van der Waals surface area (Å²) in [4.78, 5) is 25.5. The Kier molecular flexibility index (Phi) is 3.28. The number of hydrogen-bond acceptors (Lipinski definition) is 6. The number of tetrazole rings is 1. The normalized spacial score (nSPS) is 12.9. The predicted molar refractivity (Wildman–Crippen MR) is 83.7 cm³/mol. The molecule has 0 fully saturated rings. The molecule has 2 aromatic carbocycles. The maximum atomic E-state index is 12.9. The van der Waals surface area contributed by atoms with Crippen LogP contribution in [0.15, 0.2) is 36.4 Å². The lowest BCUT2D eigenvalue weighted by Crippen LogP contribution is -2.21. The molecule has 7 heteroatoms. The van der Waals surface area contributed by atoms with Crippen LogP contribution in [0, 0.1) is 0 Å². The molecule has 1 aliphatic carbocycles. The first-order chi connectivity index (χ1) is 11.7. The van der Waals surface area contributed by atoms with Crippen LogP contribution in [-0.2, 0) is 6.42 Å². The van der Waals surface area contributed by atoms with E-state index in [1.54, 1.807) is 36.4 Å². The number of carbonyl (C=O) groups is 2.